The molecule has 3 rings (SSSR count). The summed E-state index contributed by atoms with van der Waals surface area (Å²) in [5.74, 6) is 0. The van der Waals surface area contributed by atoms with Crippen LogP contribution in [0, 0.1) is 47.1 Å². The monoisotopic (exact) mass is 439 g/mol. The second kappa shape index (κ2) is 9.02. The highest BCUT2D eigenvalue weighted by Gasteiger charge is 2.15. The summed E-state index contributed by atoms with van der Waals surface area (Å²) >= 11 is 4.49. The Balaban J connectivity index is 1.93. The van der Waals surface area contributed by atoms with Gasteiger partial charge in [-0.25, -0.2) is 20.2 Å². The molecule has 0 amide bonds. The van der Waals surface area contributed by atoms with E-state index in [0.29, 0.717) is 10.5 Å². The maximum atomic E-state index is 9.33. The normalized spacial score (nSPS) is 11.7. The van der Waals surface area contributed by atoms with Gasteiger partial charge in [-0.05, 0) is 48.9 Å². The minimum atomic E-state index is -0.205. The van der Waals surface area contributed by atoms with Crippen LogP contribution in [0.25, 0.3) is 40.3 Å². The Morgan fingerprint density at radius 2 is 1.17 bits per heavy atom. The number of nitrogens with zero attached hydrogens (tertiary/aromatic N) is 5. The Kier molecular flexibility index (Phi) is 6.24. The lowest BCUT2D eigenvalue weighted by Crippen LogP contribution is -1.79. The van der Waals surface area contributed by atoms with Crippen LogP contribution >= 0.6 is 34.0 Å². The molecule has 0 saturated carbocycles. The third-order valence-electron chi connectivity index (χ3n) is 4.06. The first-order valence-electron chi connectivity index (χ1n) is 8.27. The molecule has 0 bridgehead atoms. The lowest BCUT2D eigenvalue weighted by atomic mass is 10.2. The van der Waals surface area contributed by atoms with Crippen LogP contribution in [-0.2, 0) is 0 Å². The van der Waals surface area contributed by atoms with Gasteiger partial charge in [0.15, 0.2) is 0 Å². The van der Waals surface area contributed by atoms with Crippen LogP contribution in [-0.4, -0.2) is 0 Å². The van der Waals surface area contributed by atoms with Gasteiger partial charge in [-0.3, -0.25) is 0 Å². The van der Waals surface area contributed by atoms with E-state index >= 15 is 0 Å². The van der Waals surface area contributed by atoms with Gasteiger partial charge in [0.2, 0.25) is 0 Å². The number of rotatable bonds is 4. The Bertz CT molecular complexity index is 1380. The molecule has 0 spiro atoms. The summed E-state index contributed by atoms with van der Waals surface area (Å²) in [6, 6.07) is 17.2. The number of allylic oxidation sites excluding steroid dienone is 4. The Morgan fingerprint density at radius 3 is 1.67 bits per heavy atom. The van der Waals surface area contributed by atoms with Gasteiger partial charge in [-0.15, -0.1) is 34.0 Å². The van der Waals surface area contributed by atoms with Crippen molar-refractivity contribution >= 4 is 45.2 Å². The molecule has 0 N–H and O–H groups in total. The number of thiophene rings is 3. The van der Waals surface area contributed by atoms with Gasteiger partial charge < -0.3 is 0 Å². The fourth-order valence-corrected chi connectivity index (χ4v) is 5.75. The highest BCUT2D eigenvalue weighted by molar-refractivity contribution is 7.26. The molecular weight excluding hydrogens is 430 g/mol. The first-order chi connectivity index (χ1) is 14.6. The molecule has 0 atom stereocenters. The van der Waals surface area contributed by atoms with Crippen LogP contribution in [0.5, 0.6) is 0 Å². The second-order valence-corrected chi connectivity index (χ2v) is 9.00. The fourth-order valence-electron chi connectivity index (χ4n) is 2.55. The quantitative estimate of drug-likeness (QED) is 0.322. The molecule has 0 unspecified atom stereocenters. The maximum Gasteiger partial charge on any atom is 0.280 e. The Hall–Kier alpha value is -3.97. The molecule has 3 heterocycles. The van der Waals surface area contributed by atoms with Crippen molar-refractivity contribution in [2.45, 2.75) is 6.92 Å². The van der Waals surface area contributed by atoms with E-state index in [2.05, 4.69) is 9.69 Å². The average Bonchev–Trinajstić information content (AvgIpc) is 3.52. The minimum Gasteiger partial charge on any atom is -0.226 e. The molecule has 30 heavy (non-hydrogen) atoms. The molecule has 8 heteroatoms. The van der Waals surface area contributed by atoms with Gasteiger partial charge in [0.25, 0.3) is 11.4 Å². The van der Waals surface area contributed by atoms with Crippen LogP contribution in [0.15, 0.2) is 47.8 Å². The van der Waals surface area contributed by atoms with E-state index in [1.54, 1.807) is 30.4 Å². The average molecular weight is 440 g/mol. The van der Waals surface area contributed by atoms with E-state index in [0.717, 1.165) is 24.4 Å². The van der Waals surface area contributed by atoms with Crippen molar-refractivity contribution in [3.05, 3.63) is 80.4 Å². The van der Waals surface area contributed by atoms with Crippen molar-refractivity contribution in [1.29, 1.82) is 15.8 Å². The lowest BCUT2D eigenvalue weighted by molar-refractivity contribution is 1.49. The van der Waals surface area contributed by atoms with Crippen molar-refractivity contribution in [3.8, 4) is 37.7 Å². The molecule has 3 aromatic heterocycles. The van der Waals surface area contributed by atoms with Gasteiger partial charge in [0, 0.05) is 29.3 Å². The van der Waals surface area contributed by atoms with Crippen LogP contribution in [0.1, 0.15) is 16.7 Å². The second-order valence-electron chi connectivity index (χ2n) is 5.75. The fraction of sp³-hybridized carbons (Fsp3) is 0.0455. The van der Waals surface area contributed by atoms with E-state index in [1.165, 1.54) is 22.7 Å². The molecule has 0 aromatic carbocycles. The summed E-state index contributed by atoms with van der Waals surface area (Å²) < 4.78 is 0. The summed E-state index contributed by atoms with van der Waals surface area (Å²) in [6.07, 6.45) is 0. The number of hydrogen-bond donors (Lipinski definition) is 0. The lowest BCUT2D eigenvalue weighted by Gasteiger charge is -1.96. The molecule has 3 aromatic rings. The molecule has 5 nitrogen and oxygen atoms in total. The van der Waals surface area contributed by atoms with Gasteiger partial charge >= 0.3 is 0 Å². The van der Waals surface area contributed by atoms with Gasteiger partial charge in [-0.2, -0.15) is 5.26 Å². The molecule has 0 radical (unpaired) electrons. The van der Waals surface area contributed by atoms with Crippen molar-refractivity contribution < 1.29 is 0 Å². The van der Waals surface area contributed by atoms with E-state index < -0.39 is 0 Å². The largest absolute Gasteiger partial charge is 0.280 e. The maximum absolute atomic E-state index is 9.33. The zero-order valence-electron chi connectivity index (χ0n) is 15.4. The molecule has 0 fully saturated rings. The van der Waals surface area contributed by atoms with E-state index in [9.17, 15) is 5.26 Å². The summed E-state index contributed by atoms with van der Waals surface area (Å²) in [5, 5.41) is 27.4. The highest BCUT2D eigenvalue weighted by atomic mass is 32.1. The predicted molar refractivity (Wildman–Crippen MR) is 121 cm³/mol. The van der Waals surface area contributed by atoms with E-state index in [-0.39, 0.29) is 17.0 Å². The first-order valence-corrected chi connectivity index (χ1v) is 10.7. The van der Waals surface area contributed by atoms with Gasteiger partial charge in [0.05, 0.1) is 36.9 Å². The van der Waals surface area contributed by atoms with Crippen molar-refractivity contribution in [2.24, 2.45) is 0 Å². The zero-order valence-corrected chi connectivity index (χ0v) is 17.9. The number of hydrogen-bond acceptors (Lipinski definition) is 6. The molecular formula is C22H9N5S3. The topological polar surface area (TPSA) is 80.1 Å². The predicted octanol–water partition coefficient (Wildman–Crippen LogP) is 7.06. The SMILES string of the molecule is [C-]#[N+]/C(C#N)=C(/C)c1ccc(-c2ccc(-c3ccc(/C(C#N)=C(/C#N)[N+]#[C-])s3)s2)s1. The molecule has 0 aliphatic carbocycles. The van der Waals surface area contributed by atoms with Crippen LogP contribution in [0.2, 0.25) is 0 Å². The smallest absolute Gasteiger partial charge is 0.226 e. The molecule has 140 valence electrons. The third-order valence-corrected chi connectivity index (χ3v) is 7.84. The van der Waals surface area contributed by atoms with Crippen molar-refractivity contribution in [1.82, 2.24) is 0 Å². The summed E-state index contributed by atoms with van der Waals surface area (Å²) in [6.45, 7) is 15.9. The van der Waals surface area contributed by atoms with Crippen LogP contribution < -0.4 is 0 Å². The summed E-state index contributed by atoms with van der Waals surface area (Å²) in [4.78, 5) is 11.9. The minimum absolute atomic E-state index is 0.0961. The number of nitriles is 3. The Labute approximate surface area is 185 Å². The van der Waals surface area contributed by atoms with E-state index in [4.69, 9.17) is 23.7 Å². The molecule has 0 saturated heterocycles. The highest BCUT2D eigenvalue weighted by Crippen LogP contribution is 2.42. The van der Waals surface area contributed by atoms with Crippen molar-refractivity contribution in [3.63, 3.8) is 0 Å². The summed E-state index contributed by atoms with van der Waals surface area (Å²) in [7, 11) is 0. The van der Waals surface area contributed by atoms with Gasteiger partial charge in [0.1, 0.15) is 0 Å². The van der Waals surface area contributed by atoms with Crippen LogP contribution in [0.4, 0.5) is 0 Å². The summed E-state index contributed by atoms with van der Waals surface area (Å²) in [5.41, 5.74) is 0.661. The van der Waals surface area contributed by atoms with Crippen LogP contribution in [0.3, 0.4) is 0 Å². The van der Waals surface area contributed by atoms with E-state index in [1.807, 2.05) is 42.5 Å². The van der Waals surface area contributed by atoms with Crippen molar-refractivity contribution in [2.75, 3.05) is 0 Å². The molecule has 0 aliphatic heterocycles. The zero-order chi connectivity index (χ0) is 21.7. The standard InChI is InChI=1S/C22H9N5S3/c1-13(15(11-24)26-2)17-4-6-19(28-17)21-8-9-22(30-21)20-7-5-18(29-20)14(10-23)16(12-25)27-3/h4-9H,1H3/b15-13-,16-14-. The Morgan fingerprint density at radius 1 is 0.700 bits per heavy atom. The third kappa shape index (κ3) is 3.92. The molecule has 0 aliphatic rings. The van der Waals surface area contributed by atoms with Gasteiger partial charge in [-0.1, -0.05) is 0 Å². The first kappa shape index (κ1) is 20.8.